The van der Waals surface area contributed by atoms with Crippen molar-refractivity contribution < 1.29 is 9.59 Å². The SMILES string of the molecule is CCCNC(=O)C(C)N(Cc1ccc(C)cc1)C(=O)CSCc1ccc(Cl)c(Cl)c1. The Balaban J connectivity index is 2.05. The van der Waals surface area contributed by atoms with Crippen LogP contribution in [0.5, 0.6) is 0 Å². The molecule has 2 amide bonds. The molecule has 2 aromatic rings. The lowest BCUT2D eigenvalue weighted by Gasteiger charge is -2.28. The molecule has 162 valence electrons. The van der Waals surface area contributed by atoms with E-state index in [0.29, 0.717) is 28.9 Å². The highest BCUT2D eigenvalue weighted by Gasteiger charge is 2.25. The number of amides is 2. The highest BCUT2D eigenvalue weighted by atomic mass is 35.5. The summed E-state index contributed by atoms with van der Waals surface area (Å²) >= 11 is 13.5. The topological polar surface area (TPSA) is 49.4 Å². The maximum Gasteiger partial charge on any atom is 0.242 e. The van der Waals surface area contributed by atoms with Gasteiger partial charge in [0.25, 0.3) is 0 Å². The summed E-state index contributed by atoms with van der Waals surface area (Å²) in [5.74, 6) is 0.709. The fourth-order valence-electron chi connectivity index (χ4n) is 2.84. The fraction of sp³-hybridized carbons (Fsp3) is 0.391. The zero-order valence-electron chi connectivity index (χ0n) is 17.6. The van der Waals surface area contributed by atoms with Crippen LogP contribution in [0, 0.1) is 6.92 Å². The van der Waals surface area contributed by atoms with Gasteiger partial charge in [-0.25, -0.2) is 0 Å². The van der Waals surface area contributed by atoms with E-state index in [4.69, 9.17) is 23.2 Å². The first-order valence-electron chi connectivity index (χ1n) is 9.96. The summed E-state index contributed by atoms with van der Waals surface area (Å²) in [6, 6.07) is 12.9. The molecule has 0 heterocycles. The summed E-state index contributed by atoms with van der Waals surface area (Å²) in [6.07, 6.45) is 0.851. The lowest BCUT2D eigenvalue weighted by molar-refractivity contribution is -0.138. The first-order chi connectivity index (χ1) is 14.3. The summed E-state index contributed by atoms with van der Waals surface area (Å²) in [6.45, 7) is 6.79. The highest BCUT2D eigenvalue weighted by molar-refractivity contribution is 7.99. The van der Waals surface area contributed by atoms with Crippen molar-refractivity contribution in [3.63, 3.8) is 0 Å². The molecule has 1 N–H and O–H groups in total. The van der Waals surface area contributed by atoms with Crippen LogP contribution in [0.2, 0.25) is 10.0 Å². The van der Waals surface area contributed by atoms with Gasteiger partial charge in [0.1, 0.15) is 6.04 Å². The van der Waals surface area contributed by atoms with Gasteiger partial charge in [0, 0.05) is 18.8 Å². The second-order valence-corrected chi connectivity index (χ2v) is 9.02. The van der Waals surface area contributed by atoms with Gasteiger partial charge in [-0.15, -0.1) is 11.8 Å². The Morgan fingerprint density at radius 1 is 1.07 bits per heavy atom. The van der Waals surface area contributed by atoms with Crippen molar-refractivity contribution in [1.29, 1.82) is 0 Å². The molecule has 7 heteroatoms. The van der Waals surface area contributed by atoms with Crippen LogP contribution in [0.3, 0.4) is 0 Å². The molecule has 0 aromatic heterocycles. The van der Waals surface area contributed by atoms with Crippen LogP contribution in [0.25, 0.3) is 0 Å². The molecule has 4 nitrogen and oxygen atoms in total. The number of carbonyl (C=O) groups is 2. The molecule has 0 radical (unpaired) electrons. The summed E-state index contributed by atoms with van der Waals surface area (Å²) in [5, 5.41) is 3.90. The molecule has 0 aliphatic carbocycles. The maximum atomic E-state index is 13.0. The molecule has 1 atom stereocenters. The normalized spacial score (nSPS) is 11.8. The first kappa shape index (κ1) is 24.6. The molecule has 0 spiro atoms. The molecule has 0 saturated carbocycles. The van der Waals surface area contributed by atoms with Gasteiger partial charge in [-0.05, 0) is 43.5 Å². The predicted octanol–water partition coefficient (Wildman–Crippen LogP) is 5.48. The monoisotopic (exact) mass is 466 g/mol. The minimum Gasteiger partial charge on any atom is -0.354 e. The number of carbonyl (C=O) groups excluding carboxylic acids is 2. The molecule has 30 heavy (non-hydrogen) atoms. The molecule has 0 aliphatic rings. The van der Waals surface area contributed by atoms with E-state index in [1.165, 1.54) is 11.8 Å². The number of benzene rings is 2. The molecule has 1 unspecified atom stereocenters. The van der Waals surface area contributed by atoms with E-state index in [1.54, 1.807) is 17.9 Å². The Bertz CT molecular complexity index is 859. The average molecular weight is 467 g/mol. The van der Waals surface area contributed by atoms with E-state index >= 15 is 0 Å². The maximum absolute atomic E-state index is 13.0. The minimum atomic E-state index is -0.545. The number of nitrogens with one attached hydrogen (secondary N) is 1. The minimum absolute atomic E-state index is 0.0696. The Morgan fingerprint density at radius 3 is 2.37 bits per heavy atom. The molecule has 0 bridgehead atoms. The number of rotatable bonds is 10. The average Bonchev–Trinajstić information content (AvgIpc) is 2.73. The van der Waals surface area contributed by atoms with Gasteiger partial charge in [0.15, 0.2) is 0 Å². The van der Waals surface area contributed by atoms with E-state index in [1.807, 2.05) is 50.2 Å². The van der Waals surface area contributed by atoms with E-state index in [0.717, 1.165) is 23.1 Å². The van der Waals surface area contributed by atoms with Crippen molar-refractivity contribution in [2.75, 3.05) is 12.3 Å². The Hall–Kier alpha value is -1.69. The standard InChI is InChI=1S/C23H28Cl2N2O2S/c1-4-11-26-23(29)17(3)27(13-18-7-5-16(2)6-8-18)22(28)15-30-14-19-9-10-20(24)21(25)12-19/h5-10,12,17H,4,11,13-15H2,1-3H3,(H,26,29). The van der Waals surface area contributed by atoms with Crippen molar-refractivity contribution in [3.8, 4) is 0 Å². The van der Waals surface area contributed by atoms with Crippen molar-refractivity contribution >= 4 is 46.8 Å². The molecular formula is C23H28Cl2N2O2S. The second-order valence-electron chi connectivity index (χ2n) is 7.22. The summed E-state index contributed by atoms with van der Waals surface area (Å²) < 4.78 is 0. The number of nitrogens with zero attached hydrogens (tertiary/aromatic N) is 1. The van der Waals surface area contributed by atoms with E-state index < -0.39 is 6.04 Å². The number of thioether (sulfide) groups is 1. The lowest BCUT2D eigenvalue weighted by Crippen LogP contribution is -2.48. The molecule has 2 aromatic carbocycles. The highest BCUT2D eigenvalue weighted by Crippen LogP contribution is 2.25. The summed E-state index contributed by atoms with van der Waals surface area (Å²) in [4.78, 5) is 27.2. The zero-order chi connectivity index (χ0) is 22.1. The van der Waals surface area contributed by atoms with E-state index in [9.17, 15) is 9.59 Å². The van der Waals surface area contributed by atoms with Crippen molar-refractivity contribution in [2.45, 2.75) is 45.5 Å². The molecular weight excluding hydrogens is 439 g/mol. The van der Waals surface area contributed by atoms with Crippen LogP contribution in [0.4, 0.5) is 0 Å². The third kappa shape index (κ3) is 7.53. The predicted molar refractivity (Wildman–Crippen MR) is 127 cm³/mol. The molecule has 0 aliphatic heterocycles. The van der Waals surface area contributed by atoms with Crippen LogP contribution in [0.15, 0.2) is 42.5 Å². The largest absolute Gasteiger partial charge is 0.354 e. The van der Waals surface area contributed by atoms with Crippen molar-refractivity contribution in [2.24, 2.45) is 0 Å². The molecule has 0 fully saturated rings. The summed E-state index contributed by atoms with van der Waals surface area (Å²) in [7, 11) is 0. The molecule has 2 rings (SSSR count). The quantitative estimate of drug-likeness (QED) is 0.504. The Labute approximate surface area is 193 Å². The van der Waals surface area contributed by atoms with Crippen LogP contribution >= 0.6 is 35.0 Å². The zero-order valence-corrected chi connectivity index (χ0v) is 19.9. The number of halogens is 2. The number of hydrogen-bond donors (Lipinski definition) is 1. The third-order valence-corrected chi connectivity index (χ3v) is 6.40. The lowest BCUT2D eigenvalue weighted by atomic mass is 10.1. The van der Waals surface area contributed by atoms with Crippen LogP contribution in [-0.2, 0) is 21.9 Å². The number of aryl methyl sites for hydroxylation is 1. The van der Waals surface area contributed by atoms with Gasteiger partial charge in [0.2, 0.25) is 11.8 Å². The van der Waals surface area contributed by atoms with Gasteiger partial charge in [-0.3, -0.25) is 9.59 Å². The van der Waals surface area contributed by atoms with Gasteiger partial charge < -0.3 is 10.2 Å². The second kappa shape index (κ2) is 12.2. The van der Waals surface area contributed by atoms with Crippen LogP contribution in [-0.4, -0.2) is 35.1 Å². The Kier molecular flexibility index (Phi) is 10.0. The van der Waals surface area contributed by atoms with E-state index in [2.05, 4.69) is 5.32 Å². The van der Waals surface area contributed by atoms with Gasteiger partial charge in [-0.2, -0.15) is 0 Å². The van der Waals surface area contributed by atoms with Gasteiger partial charge in [0.05, 0.1) is 15.8 Å². The van der Waals surface area contributed by atoms with Crippen molar-refractivity contribution in [1.82, 2.24) is 10.2 Å². The van der Waals surface area contributed by atoms with Gasteiger partial charge in [-0.1, -0.05) is 66.0 Å². The van der Waals surface area contributed by atoms with E-state index in [-0.39, 0.29) is 17.6 Å². The molecule has 0 saturated heterocycles. The van der Waals surface area contributed by atoms with Crippen LogP contribution in [0.1, 0.15) is 37.0 Å². The Morgan fingerprint density at radius 2 is 1.73 bits per heavy atom. The first-order valence-corrected chi connectivity index (χ1v) is 11.9. The fourth-order valence-corrected chi connectivity index (χ4v) is 4.02. The van der Waals surface area contributed by atoms with Crippen molar-refractivity contribution in [3.05, 3.63) is 69.2 Å². The van der Waals surface area contributed by atoms with Crippen LogP contribution < -0.4 is 5.32 Å². The van der Waals surface area contributed by atoms with Gasteiger partial charge >= 0.3 is 0 Å². The third-order valence-electron chi connectivity index (χ3n) is 4.67. The number of hydrogen-bond acceptors (Lipinski definition) is 3. The smallest absolute Gasteiger partial charge is 0.242 e. The summed E-state index contributed by atoms with van der Waals surface area (Å²) in [5.41, 5.74) is 3.15.